The van der Waals surface area contributed by atoms with Crippen molar-refractivity contribution in [1.82, 2.24) is 19.8 Å². The van der Waals surface area contributed by atoms with Gasteiger partial charge in [0.25, 0.3) is 0 Å². The molecule has 0 radical (unpaired) electrons. The number of nitrogens with zero attached hydrogens (tertiary/aromatic N) is 5. The van der Waals surface area contributed by atoms with Gasteiger partial charge in [0.15, 0.2) is 11.5 Å². The van der Waals surface area contributed by atoms with Crippen LogP contribution in [0.1, 0.15) is 5.56 Å². The number of anilines is 1. The van der Waals surface area contributed by atoms with E-state index in [4.69, 9.17) is 21.4 Å². The molecule has 0 amide bonds. The molecular weight excluding hydrogens is 314 g/mol. The van der Waals surface area contributed by atoms with E-state index in [9.17, 15) is 0 Å². The van der Waals surface area contributed by atoms with E-state index in [-0.39, 0.29) is 0 Å². The van der Waals surface area contributed by atoms with Crippen LogP contribution in [0.15, 0.2) is 30.3 Å². The molecule has 3 aromatic rings. The Balaban J connectivity index is 1.81. The third kappa shape index (κ3) is 2.64. The number of benzene rings is 1. The zero-order valence-corrected chi connectivity index (χ0v) is 13.5. The molecule has 0 saturated carbocycles. The SMILES string of the molecule is Cc1cc(Cl)ccc1-c1nnc2ccc(N3CCOCC3)nn12. The molecule has 1 aromatic carbocycles. The van der Waals surface area contributed by atoms with Gasteiger partial charge in [-0.05, 0) is 42.8 Å². The summed E-state index contributed by atoms with van der Waals surface area (Å²) in [5.41, 5.74) is 2.75. The van der Waals surface area contributed by atoms with Crippen molar-refractivity contribution in [1.29, 1.82) is 0 Å². The number of hydrogen-bond donors (Lipinski definition) is 0. The maximum absolute atomic E-state index is 6.05. The minimum Gasteiger partial charge on any atom is -0.378 e. The molecule has 118 valence electrons. The van der Waals surface area contributed by atoms with Crippen LogP contribution in [-0.2, 0) is 4.74 Å². The summed E-state index contributed by atoms with van der Waals surface area (Å²) in [6, 6.07) is 9.66. The van der Waals surface area contributed by atoms with Crippen molar-refractivity contribution < 1.29 is 4.74 Å². The minimum atomic E-state index is 0.710. The second-order valence-electron chi connectivity index (χ2n) is 5.54. The van der Waals surface area contributed by atoms with Crippen molar-refractivity contribution in [3.05, 3.63) is 40.9 Å². The predicted molar refractivity (Wildman–Crippen MR) is 89.0 cm³/mol. The Morgan fingerprint density at radius 3 is 2.70 bits per heavy atom. The van der Waals surface area contributed by atoms with Gasteiger partial charge in [-0.2, -0.15) is 4.52 Å². The molecule has 1 fully saturated rings. The van der Waals surface area contributed by atoms with Gasteiger partial charge in [-0.25, -0.2) is 0 Å². The zero-order valence-electron chi connectivity index (χ0n) is 12.7. The fourth-order valence-electron chi connectivity index (χ4n) is 2.79. The van der Waals surface area contributed by atoms with Crippen molar-refractivity contribution in [2.24, 2.45) is 0 Å². The normalized spacial score (nSPS) is 15.3. The molecule has 3 heterocycles. The van der Waals surface area contributed by atoms with Gasteiger partial charge in [-0.15, -0.1) is 15.3 Å². The Morgan fingerprint density at radius 2 is 1.91 bits per heavy atom. The maximum atomic E-state index is 6.05. The van der Waals surface area contributed by atoms with E-state index in [1.165, 1.54) is 0 Å². The summed E-state index contributed by atoms with van der Waals surface area (Å²) in [5.74, 6) is 1.64. The van der Waals surface area contributed by atoms with E-state index in [2.05, 4.69) is 15.1 Å². The van der Waals surface area contributed by atoms with E-state index in [0.717, 1.165) is 54.7 Å². The molecule has 0 atom stereocenters. The molecule has 0 spiro atoms. The Bertz CT molecular complexity index is 857. The smallest absolute Gasteiger partial charge is 0.185 e. The van der Waals surface area contributed by atoms with Crippen molar-refractivity contribution in [2.45, 2.75) is 6.92 Å². The average molecular weight is 330 g/mol. The van der Waals surface area contributed by atoms with Gasteiger partial charge in [-0.1, -0.05) is 11.6 Å². The van der Waals surface area contributed by atoms with Gasteiger partial charge in [-0.3, -0.25) is 0 Å². The molecule has 1 aliphatic heterocycles. The molecule has 0 aliphatic carbocycles. The molecular formula is C16H16ClN5O. The minimum absolute atomic E-state index is 0.710. The van der Waals surface area contributed by atoms with Gasteiger partial charge >= 0.3 is 0 Å². The van der Waals surface area contributed by atoms with Crippen LogP contribution in [0.3, 0.4) is 0 Å². The lowest BCUT2D eigenvalue weighted by Crippen LogP contribution is -2.37. The highest BCUT2D eigenvalue weighted by Gasteiger charge is 2.16. The first-order valence-corrected chi connectivity index (χ1v) is 7.92. The van der Waals surface area contributed by atoms with E-state index in [0.29, 0.717) is 5.02 Å². The second-order valence-corrected chi connectivity index (χ2v) is 5.98. The van der Waals surface area contributed by atoms with Crippen molar-refractivity contribution in [3.63, 3.8) is 0 Å². The quantitative estimate of drug-likeness (QED) is 0.723. The lowest BCUT2D eigenvalue weighted by molar-refractivity contribution is 0.122. The molecule has 0 bridgehead atoms. The number of ether oxygens (including phenoxy) is 1. The van der Waals surface area contributed by atoms with Crippen molar-refractivity contribution in [2.75, 3.05) is 31.2 Å². The molecule has 6 nitrogen and oxygen atoms in total. The third-order valence-corrected chi connectivity index (χ3v) is 4.25. The predicted octanol–water partition coefficient (Wildman–Crippen LogP) is 2.59. The molecule has 4 rings (SSSR count). The third-order valence-electron chi connectivity index (χ3n) is 4.01. The number of halogens is 1. The van der Waals surface area contributed by atoms with E-state index in [1.807, 2.05) is 37.3 Å². The number of fused-ring (bicyclic) bond motifs is 1. The average Bonchev–Trinajstić information content (AvgIpc) is 2.99. The molecule has 2 aromatic heterocycles. The Labute approximate surface area is 138 Å². The zero-order chi connectivity index (χ0) is 15.8. The van der Waals surface area contributed by atoms with E-state index < -0.39 is 0 Å². The molecule has 23 heavy (non-hydrogen) atoms. The number of rotatable bonds is 2. The van der Waals surface area contributed by atoms with Gasteiger partial charge in [0.1, 0.15) is 5.82 Å². The molecule has 1 aliphatic rings. The van der Waals surface area contributed by atoms with Crippen LogP contribution in [0, 0.1) is 6.92 Å². The summed E-state index contributed by atoms with van der Waals surface area (Å²) in [5, 5.41) is 14.0. The molecule has 7 heteroatoms. The summed E-state index contributed by atoms with van der Waals surface area (Å²) in [4.78, 5) is 2.21. The molecule has 0 N–H and O–H groups in total. The van der Waals surface area contributed by atoms with E-state index >= 15 is 0 Å². The summed E-state index contributed by atoms with van der Waals surface area (Å²) in [6.07, 6.45) is 0. The second kappa shape index (κ2) is 5.79. The lowest BCUT2D eigenvalue weighted by atomic mass is 10.1. The van der Waals surface area contributed by atoms with Crippen LogP contribution in [0.2, 0.25) is 5.02 Å². The molecule has 0 unspecified atom stereocenters. The highest BCUT2D eigenvalue weighted by molar-refractivity contribution is 6.30. The Morgan fingerprint density at radius 1 is 1.09 bits per heavy atom. The van der Waals surface area contributed by atoms with Crippen LogP contribution in [-0.4, -0.2) is 46.1 Å². The van der Waals surface area contributed by atoms with Crippen LogP contribution in [0.5, 0.6) is 0 Å². The Kier molecular flexibility index (Phi) is 3.63. The fourth-order valence-corrected chi connectivity index (χ4v) is 3.01. The number of aryl methyl sites for hydroxylation is 1. The highest BCUT2D eigenvalue weighted by Crippen LogP contribution is 2.25. The number of morpholine rings is 1. The van der Waals surface area contributed by atoms with Crippen LogP contribution in [0.4, 0.5) is 5.82 Å². The van der Waals surface area contributed by atoms with Crippen molar-refractivity contribution in [3.8, 4) is 11.4 Å². The first kappa shape index (κ1) is 14.4. The van der Waals surface area contributed by atoms with Gasteiger partial charge < -0.3 is 9.64 Å². The van der Waals surface area contributed by atoms with E-state index in [1.54, 1.807) is 4.52 Å². The first-order valence-electron chi connectivity index (χ1n) is 7.54. The highest BCUT2D eigenvalue weighted by atomic mass is 35.5. The Hall–Kier alpha value is -2.18. The van der Waals surface area contributed by atoms with Gasteiger partial charge in [0, 0.05) is 23.7 Å². The number of aromatic nitrogens is 4. The first-order chi connectivity index (χ1) is 11.2. The maximum Gasteiger partial charge on any atom is 0.185 e. The van der Waals surface area contributed by atoms with Crippen LogP contribution < -0.4 is 4.90 Å². The summed E-state index contributed by atoms with van der Waals surface area (Å²) in [7, 11) is 0. The van der Waals surface area contributed by atoms with Gasteiger partial charge in [0.05, 0.1) is 13.2 Å². The fraction of sp³-hybridized carbons (Fsp3) is 0.312. The molecule has 1 saturated heterocycles. The topological polar surface area (TPSA) is 55.5 Å². The van der Waals surface area contributed by atoms with Crippen LogP contribution in [0.25, 0.3) is 17.0 Å². The number of hydrogen-bond acceptors (Lipinski definition) is 5. The summed E-state index contributed by atoms with van der Waals surface area (Å²) >= 11 is 6.05. The van der Waals surface area contributed by atoms with Gasteiger partial charge in [0.2, 0.25) is 0 Å². The summed E-state index contributed by atoms with van der Waals surface area (Å²) in [6.45, 7) is 5.15. The monoisotopic (exact) mass is 329 g/mol. The lowest BCUT2D eigenvalue weighted by Gasteiger charge is -2.27. The standard InChI is InChI=1S/C16H16ClN5O/c1-11-10-12(17)2-3-13(11)16-19-18-14-4-5-15(20-22(14)16)21-6-8-23-9-7-21/h2-5,10H,6-9H2,1H3. The largest absolute Gasteiger partial charge is 0.378 e. The van der Waals surface area contributed by atoms with Crippen molar-refractivity contribution >= 4 is 23.1 Å². The van der Waals surface area contributed by atoms with Crippen LogP contribution >= 0.6 is 11.6 Å². The summed E-state index contributed by atoms with van der Waals surface area (Å²) < 4.78 is 7.19.